The lowest BCUT2D eigenvalue weighted by molar-refractivity contribution is 1.16. The van der Waals surface area contributed by atoms with Gasteiger partial charge in [0.15, 0.2) is 0 Å². The molecule has 0 saturated heterocycles. The third kappa shape index (κ3) is 4.45. The topological polar surface area (TPSA) is 9.86 Å². The van der Waals surface area contributed by atoms with Crippen LogP contribution >= 0.6 is 10.0 Å². The summed E-state index contributed by atoms with van der Waals surface area (Å²) in [4.78, 5) is 5.28. The van der Waals surface area contributed by atoms with E-state index in [1.807, 2.05) is 0 Å². The maximum absolute atomic E-state index is 2.45. The average Bonchev–Trinajstić information content (AvgIpc) is 3.73. The van der Waals surface area contributed by atoms with Crippen molar-refractivity contribution in [2.24, 2.45) is 0 Å². The lowest BCUT2D eigenvalue weighted by Crippen LogP contribution is -2.05. The number of benzene rings is 8. The van der Waals surface area contributed by atoms with Gasteiger partial charge < -0.3 is 9.13 Å². The summed E-state index contributed by atoms with van der Waals surface area (Å²) in [6, 6.07) is 75.9. The van der Waals surface area contributed by atoms with E-state index in [1.165, 1.54) is 63.2 Å². The quantitative estimate of drug-likeness (QED) is 0.167. The Kier molecular flexibility index (Phi) is 6.93. The molecule has 0 aliphatic rings. The first-order chi connectivity index (χ1) is 25.3. The van der Waals surface area contributed by atoms with Crippen LogP contribution in [-0.4, -0.2) is 9.13 Å². The van der Waals surface area contributed by atoms with Gasteiger partial charge in [-0.2, -0.15) is 0 Å². The van der Waals surface area contributed by atoms with E-state index in [-0.39, 0.29) is 0 Å². The maximum atomic E-state index is 2.45. The van der Waals surface area contributed by atoms with Crippen LogP contribution in [-0.2, 0) is 0 Å². The van der Waals surface area contributed by atoms with E-state index in [9.17, 15) is 0 Å². The van der Waals surface area contributed by atoms with Crippen LogP contribution in [0.4, 0.5) is 0 Å². The molecule has 8 aromatic carbocycles. The molecule has 0 unspecified atom stereocenters. The molecule has 10 aromatic rings. The number of para-hydroxylation sites is 3. The van der Waals surface area contributed by atoms with Crippen LogP contribution in [0.15, 0.2) is 226 Å². The van der Waals surface area contributed by atoms with Crippen molar-refractivity contribution in [3.8, 4) is 11.4 Å². The number of nitrogens with zero attached hydrogens (tertiary/aromatic N) is 2. The van der Waals surface area contributed by atoms with Crippen molar-refractivity contribution >= 4 is 53.6 Å². The average molecular weight is 671 g/mol. The zero-order valence-corrected chi connectivity index (χ0v) is 28.7. The second-order valence-electron chi connectivity index (χ2n) is 12.9. The molecule has 0 aliphatic carbocycles. The highest BCUT2D eigenvalue weighted by molar-refractivity contribution is 8.34. The predicted octanol–water partition coefficient (Wildman–Crippen LogP) is 13.2. The van der Waals surface area contributed by atoms with Gasteiger partial charge in [-0.25, -0.2) is 0 Å². The Hall–Kier alpha value is -6.29. The van der Waals surface area contributed by atoms with Crippen molar-refractivity contribution in [3.63, 3.8) is 0 Å². The zero-order valence-electron chi connectivity index (χ0n) is 27.9. The van der Waals surface area contributed by atoms with Crippen molar-refractivity contribution in [2.75, 3.05) is 0 Å². The molecular weight excluding hydrogens is 637 g/mol. The molecule has 51 heavy (non-hydrogen) atoms. The van der Waals surface area contributed by atoms with E-state index in [4.69, 9.17) is 0 Å². The van der Waals surface area contributed by atoms with Gasteiger partial charge >= 0.3 is 0 Å². The largest absolute Gasteiger partial charge is 0.309 e. The van der Waals surface area contributed by atoms with Gasteiger partial charge in [0.1, 0.15) is 0 Å². The number of aromatic nitrogens is 2. The maximum Gasteiger partial charge on any atom is 0.0552 e. The normalized spacial score (nSPS) is 12.2. The number of hydrogen-bond donors (Lipinski definition) is 0. The summed E-state index contributed by atoms with van der Waals surface area (Å²) in [6.45, 7) is 0. The highest BCUT2D eigenvalue weighted by Crippen LogP contribution is 2.74. The molecule has 0 atom stereocenters. The molecule has 0 amide bonds. The van der Waals surface area contributed by atoms with E-state index in [0.717, 1.165) is 11.4 Å². The van der Waals surface area contributed by atoms with Crippen LogP contribution in [0.2, 0.25) is 0 Å². The number of rotatable bonds is 6. The Labute approximate surface area is 298 Å². The van der Waals surface area contributed by atoms with Gasteiger partial charge in [-0.1, -0.05) is 115 Å². The van der Waals surface area contributed by atoms with Gasteiger partial charge in [0.05, 0.1) is 22.1 Å². The first-order valence-corrected chi connectivity index (χ1v) is 19.1. The first kappa shape index (κ1) is 29.6. The first-order valence-electron chi connectivity index (χ1n) is 17.4. The Morgan fingerprint density at radius 2 is 0.725 bits per heavy atom. The zero-order chi connectivity index (χ0) is 33.8. The second-order valence-corrected chi connectivity index (χ2v) is 16.0. The monoisotopic (exact) mass is 670 g/mol. The van der Waals surface area contributed by atoms with Gasteiger partial charge in [-0.15, -0.1) is 10.0 Å². The second kappa shape index (κ2) is 11.9. The molecule has 2 nitrogen and oxygen atoms in total. The SMILES string of the molecule is c1ccc(-n2c3ccc(-n4c5ccccc5c5ccccc54)cc3c3c(S(c4ccccc4)(c4ccccc4)c4ccccc4)cccc32)cc1. The van der Waals surface area contributed by atoms with Crippen LogP contribution in [0, 0.1) is 0 Å². The molecular formula is C48H34N2S. The Morgan fingerprint density at radius 3 is 1.27 bits per heavy atom. The molecule has 0 fully saturated rings. The summed E-state index contributed by atoms with van der Waals surface area (Å²) in [5, 5.41) is 5.05. The van der Waals surface area contributed by atoms with Crippen LogP contribution < -0.4 is 0 Å². The third-order valence-corrected chi connectivity index (χ3v) is 14.1. The summed E-state index contributed by atoms with van der Waals surface area (Å²) in [5.41, 5.74) is 7.12. The van der Waals surface area contributed by atoms with Gasteiger partial charge in [-0.3, -0.25) is 0 Å². The smallest absolute Gasteiger partial charge is 0.0552 e. The molecule has 242 valence electrons. The molecule has 0 radical (unpaired) electrons. The molecule has 0 N–H and O–H groups in total. The third-order valence-electron chi connectivity index (χ3n) is 10.2. The fourth-order valence-corrected chi connectivity index (χ4v) is 12.2. The van der Waals surface area contributed by atoms with E-state index in [0.29, 0.717) is 0 Å². The van der Waals surface area contributed by atoms with E-state index in [1.54, 1.807) is 0 Å². The molecule has 0 aliphatic heterocycles. The van der Waals surface area contributed by atoms with E-state index < -0.39 is 10.0 Å². The summed E-state index contributed by atoms with van der Waals surface area (Å²) in [7, 11) is -1.95. The summed E-state index contributed by atoms with van der Waals surface area (Å²) in [5.74, 6) is 0. The van der Waals surface area contributed by atoms with Crippen LogP contribution in [0.5, 0.6) is 0 Å². The lowest BCUT2D eigenvalue weighted by atomic mass is 10.1. The minimum Gasteiger partial charge on any atom is -0.309 e. The minimum absolute atomic E-state index is 1.15. The van der Waals surface area contributed by atoms with Gasteiger partial charge in [0.25, 0.3) is 0 Å². The minimum atomic E-state index is -1.95. The molecule has 2 aromatic heterocycles. The lowest BCUT2D eigenvalue weighted by Gasteiger charge is -2.42. The van der Waals surface area contributed by atoms with Gasteiger partial charge in [-0.05, 0) is 91.0 Å². The number of hydrogen-bond acceptors (Lipinski definition) is 0. The van der Waals surface area contributed by atoms with Crippen molar-refractivity contribution in [2.45, 2.75) is 19.6 Å². The van der Waals surface area contributed by atoms with Crippen molar-refractivity contribution in [3.05, 3.63) is 206 Å². The molecule has 10 rings (SSSR count). The Bertz CT molecular complexity index is 2690. The Morgan fingerprint density at radius 1 is 0.294 bits per heavy atom. The summed E-state index contributed by atoms with van der Waals surface area (Å²) in [6.07, 6.45) is 0. The summed E-state index contributed by atoms with van der Waals surface area (Å²) >= 11 is 0. The molecule has 3 heteroatoms. The molecule has 0 bridgehead atoms. The van der Waals surface area contributed by atoms with Gasteiger partial charge in [0.2, 0.25) is 0 Å². The summed E-state index contributed by atoms with van der Waals surface area (Å²) < 4.78 is 4.89. The van der Waals surface area contributed by atoms with Crippen LogP contribution in [0.1, 0.15) is 0 Å². The molecule has 2 heterocycles. The van der Waals surface area contributed by atoms with E-state index >= 15 is 0 Å². The predicted molar refractivity (Wildman–Crippen MR) is 215 cm³/mol. The highest BCUT2D eigenvalue weighted by atomic mass is 32.3. The standard InChI is InChI=1S/C48H34N2S/c1-5-18-35(19-6-1)49-45-33-32-36(50-43-28-15-13-26-40(43)41-27-14-16-29-44(41)50)34-42(45)48-46(49)30-17-31-47(48)51(37-20-7-2-8-21-37,38-22-9-3-10-23-38)39-24-11-4-12-25-39/h1-34H. The van der Waals surface area contributed by atoms with Crippen LogP contribution in [0.3, 0.4) is 0 Å². The molecule has 0 saturated carbocycles. The van der Waals surface area contributed by atoms with Crippen LogP contribution in [0.25, 0.3) is 55.0 Å². The number of fused-ring (bicyclic) bond motifs is 6. The fourth-order valence-electron chi connectivity index (χ4n) is 8.14. The molecule has 0 spiro atoms. The van der Waals surface area contributed by atoms with Crippen molar-refractivity contribution in [1.82, 2.24) is 9.13 Å². The van der Waals surface area contributed by atoms with Crippen molar-refractivity contribution < 1.29 is 0 Å². The fraction of sp³-hybridized carbons (Fsp3) is 0. The van der Waals surface area contributed by atoms with E-state index in [2.05, 4.69) is 215 Å². The van der Waals surface area contributed by atoms with Crippen molar-refractivity contribution in [1.29, 1.82) is 0 Å². The highest BCUT2D eigenvalue weighted by Gasteiger charge is 2.35. The Balaban J connectivity index is 1.40. The van der Waals surface area contributed by atoms with Gasteiger partial charge in [0, 0.05) is 52.5 Å².